The number of ether oxygens (including phenoxy) is 3. The van der Waals surface area contributed by atoms with Crippen LogP contribution < -0.4 is 19.1 Å². The minimum absolute atomic E-state index is 0.0542. The second-order valence-electron chi connectivity index (χ2n) is 10.4. The van der Waals surface area contributed by atoms with Crippen LogP contribution in [0.25, 0.3) is 5.76 Å². The molecule has 1 fully saturated rings. The van der Waals surface area contributed by atoms with Gasteiger partial charge in [0.2, 0.25) is 5.13 Å². The van der Waals surface area contributed by atoms with Crippen molar-refractivity contribution >= 4 is 45.7 Å². The number of fused-ring (bicyclic) bond motifs is 1. The van der Waals surface area contributed by atoms with E-state index in [1.165, 1.54) is 33.6 Å². The van der Waals surface area contributed by atoms with E-state index in [-0.39, 0.29) is 16.5 Å². The third-order valence-electron chi connectivity index (χ3n) is 7.29. The Labute approximate surface area is 263 Å². The van der Waals surface area contributed by atoms with Crippen molar-refractivity contribution in [3.63, 3.8) is 0 Å². The van der Waals surface area contributed by atoms with Gasteiger partial charge in [0, 0.05) is 11.3 Å². The summed E-state index contributed by atoms with van der Waals surface area (Å²) in [7, 11) is 0. The van der Waals surface area contributed by atoms with Crippen molar-refractivity contribution in [3.05, 3.63) is 94.6 Å². The lowest BCUT2D eigenvalue weighted by Gasteiger charge is -2.23. The maximum absolute atomic E-state index is 13.7. The van der Waals surface area contributed by atoms with Gasteiger partial charge in [0.15, 0.2) is 15.8 Å². The van der Waals surface area contributed by atoms with Crippen molar-refractivity contribution in [3.8, 4) is 17.2 Å². The molecule has 3 aromatic carbocycles. The maximum atomic E-state index is 13.7. The van der Waals surface area contributed by atoms with E-state index < -0.39 is 17.7 Å². The Morgan fingerprint density at radius 1 is 1.05 bits per heavy atom. The second kappa shape index (κ2) is 13.1. The molecule has 0 spiro atoms. The highest BCUT2D eigenvalue weighted by atomic mass is 32.2. The number of benzene rings is 3. The van der Waals surface area contributed by atoms with Gasteiger partial charge in [0.1, 0.15) is 24.7 Å². The van der Waals surface area contributed by atoms with E-state index in [0.29, 0.717) is 58.3 Å². The summed E-state index contributed by atoms with van der Waals surface area (Å²) < 4.78 is 17.9. The number of carbonyl (C=O) groups excluding carboxylic acids is 2. The van der Waals surface area contributed by atoms with Crippen LogP contribution >= 0.6 is 23.1 Å². The molecule has 0 saturated carbocycles. The smallest absolute Gasteiger partial charge is 0.301 e. The lowest BCUT2D eigenvalue weighted by molar-refractivity contribution is -0.132. The first kappa shape index (κ1) is 29.7. The van der Waals surface area contributed by atoms with Crippen molar-refractivity contribution in [2.24, 2.45) is 0 Å². The normalized spacial score (nSPS) is 17.2. The van der Waals surface area contributed by atoms with Gasteiger partial charge in [-0.05, 0) is 54.8 Å². The molecular weight excluding hydrogens is 599 g/mol. The molecule has 11 heteroatoms. The summed E-state index contributed by atoms with van der Waals surface area (Å²) >= 11 is 2.73. The number of carbonyl (C=O) groups is 2. The number of rotatable bonds is 10. The van der Waals surface area contributed by atoms with Gasteiger partial charge in [-0.1, -0.05) is 78.4 Å². The zero-order valence-electron chi connectivity index (χ0n) is 24.3. The Balaban J connectivity index is 1.38. The van der Waals surface area contributed by atoms with E-state index in [4.69, 9.17) is 14.2 Å². The van der Waals surface area contributed by atoms with Crippen molar-refractivity contribution < 1.29 is 28.9 Å². The summed E-state index contributed by atoms with van der Waals surface area (Å²) in [5, 5.41) is 20.5. The molecule has 0 aliphatic carbocycles. The molecule has 1 amide bonds. The van der Waals surface area contributed by atoms with Gasteiger partial charge in [-0.15, -0.1) is 10.2 Å². The minimum atomic E-state index is -0.958. The second-order valence-corrected chi connectivity index (χ2v) is 12.6. The standard InChI is InChI=1S/C33H31N3O6S2/c1-3-4-14-40-24-7-5-6-22(17-24)28-27(29(37)23-12-13-25-26(18-23)42-16-15-41-25)30(38)31(39)36(28)32-34-35-33(44-32)43-19-21-10-8-20(2)9-11-21/h5-13,17-18,28,37H,3-4,14-16,19H2,1-2H3/b29-27+. The number of hydrogen-bond acceptors (Lipinski definition) is 10. The first-order chi connectivity index (χ1) is 21.4. The summed E-state index contributed by atoms with van der Waals surface area (Å²) in [5.41, 5.74) is 3.20. The molecule has 44 heavy (non-hydrogen) atoms. The fourth-order valence-electron chi connectivity index (χ4n) is 4.99. The first-order valence-electron chi connectivity index (χ1n) is 14.4. The highest BCUT2D eigenvalue weighted by Gasteiger charge is 2.48. The van der Waals surface area contributed by atoms with Crippen LogP contribution in [0, 0.1) is 6.92 Å². The third-order valence-corrected chi connectivity index (χ3v) is 9.41. The third kappa shape index (κ3) is 6.15. The van der Waals surface area contributed by atoms with E-state index in [9.17, 15) is 14.7 Å². The monoisotopic (exact) mass is 629 g/mol. The summed E-state index contributed by atoms with van der Waals surface area (Å²) in [6.07, 6.45) is 1.87. The van der Waals surface area contributed by atoms with Gasteiger partial charge in [0.05, 0.1) is 18.2 Å². The zero-order chi connectivity index (χ0) is 30.6. The number of anilines is 1. The molecule has 226 valence electrons. The van der Waals surface area contributed by atoms with Crippen LogP contribution in [0.15, 0.2) is 76.6 Å². The van der Waals surface area contributed by atoms with Crippen LogP contribution in [0.4, 0.5) is 5.13 Å². The van der Waals surface area contributed by atoms with E-state index >= 15 is 0 Å². The van der Waals surface area contributed by atoms with E-state index in [1.54, 1.807) is 30.3 Å². The predicted octanol–water partition coefficient (Wildman–Crippen LogP) is 6.72. The lowest BCUT2D eigenvalue weighted by atomic mass is 9.95. The maximum Gasteiger partial charge on any atom is 0.301 e. The highest BCUT2D eigenvalue weighted by molar-refractivity contribution is 8.00. The van der Waals surface area contributed by atoms with E-state index in [0.717, 1.165) is 18.4 Å². The summed E-state index contributed by atoms with van der Waals surface area (Å²) in [4.78, 5) is 28.7. The number of Topliss-reactive ketones (excluding diaryl/α,β-unsaturated/α-hetero) is 1. The number of unbranched alkanes of at least 4 members (excludes halogenated alkanes) is 1. The number of aromatic nitrogens is 2. The Kier molecular flexibility index (Phi) is 8.85. The van der Waals surface area contributed by atoms with Gasteiger partial charge in [0.25, 0.3) is 5.78 Å². The molecule has 1 aromatic heterocycles. The average molecular weight is 630 g/mol. The zero-order valence-corrected chi connectivity index (χ0v) is 26.0. The topological polar surface area (TPSA) is 111 Å². The predicted molar refractivity (Wildman–Crippen MR) is 170 cm³/mol. The fraction of sp³-hybridized carbons (Fsp3) is 0.273. The first-order valence-corrected chi connectivity index (χ1v) is 16.2. The van der Waals surface area contributed by atoms with Gasteiger partial charge >= 0.3 is 5.91 Å². The molecule has 1 atom stereocenters. The molecule has 0 bridgehead atoms. The van der Waals surface area contributed by atoms with Crippen LogP contribution in [0.1, 0.15) is 48.1 Å². The van der Waals surface area contributed by atoms with E-state index in [2.05, 4.69) is 41.4 Å². The molecule has 2 aliphatic heterocycles. The van der Waals surface area contributed by atoms with Crippen LogP contribution in [0.5, 0.6) is 17.2 Å². The number of aliphatic hydroxyl groups excluding tert-OH is 1. The number of nitrogens with zero attached hydrogens (tertiary/aromatic N) is 3. The average Bonchev–Trinajstić information content (AvgIpc) is 3.62. The molecule has 1 unspecified atom stereocenters. The van der Waals surface area contributed by atoms with Gasteiger partial charge < -0.3 is 19.3 Å². The molecule has 1 saturated heterocycles. The van der Waals surface area contributed by atoms with Crippen LogP contribution in [-0.4, -0.2) is 46.8 Å². The molecule has 2 aliphatic rings. The molecule has 6 rings (SSSR count). The van der Waals surface area contributed by atoms with Crippen molar-refractivity contribution in [1.82, 2.24) is 10.2 Å². The SMILES string of the molecule is CCCCOc1cccc(C2/C(=C(\O)c3ccc4c(c3)OCCO4)C(=O)C(=O)N2c2nnc(SCc3ccc(C)cc3)s2)c1. The Hall–Kier alpha value is -4.35. The number of thioether (sulfide) groups is 1. The molecule has 9 nitrogen and oxygen atoms in total. The van der Waals surface area contributed by atoms with Crippen LogP contribution in [0.3, 0.4) is 0 Å². The molecule has 3 heterocycles. The number of amides is 1. The summed E-state index contributed by atoms with van der Waals surface area (Å²) in [6, 6.07) is 19.5. The van der Waals surface area contributed by atoms with Crippen molar-refractivity contribution in [2.75, 3.05) is 24.7 Å². The number of hydrogen-bond donors (Lipinski definition) is 1. The Morgan fingerprint density at radius 3 is 2.64 bits per heavy atom. The quantitative estimate of drug-likeness (QED) is 0.0511. The van der Waals surface area contributed by atoms with Gasteiger partial charge in [-0.25, -0.2) is 0 Å². The van der Waals surface area contributed by atoms with Crippen LogP contribution in [-0.2, 0) is 15.3 Å². The molecule has 0 radical (unpaired) electrons. The minimum Gasteiger partial charge on any atom is -0.507 e. The number of aliphatic hydroxyl groups is 1. The molecule has 1 N–H and O–H groups in total. The molecular formula is C33H31N3O6S2. The summed E-state index contributed by atoms with van der Waals surface area (Å²) in [5.74, 6) is 0.360. The van der Waals surface area contributed by atoms with Gasteiger partial charge in [-0.3, -0.25) is 14.5 Å². The fourth-order valence-corrected chi connectivity index (χ4v) is 6.81. The van der Waals surface area contributed by atoms with E-state index in [1.807, 2.05) is 19.1 Å². The number of aryl methyl sites for hydroxylation is 1. The summed E-state index contributed by atoms with van der Waals surface area (Å²) in [6.45, 7) is 5.46. The Bertz CT molecular complexity index is 1720. The molecule has 4 aromatic rings. The lowest BCUT2D eigenvalue weighted by Crippen LogP contribution is -2.29. The number of ketones is 1. The van der Waals surface area contributed by atoms with Crippen molar-refractivity contribution in [1.29, 1.82) is 0 Å². The highest BCUT2D eigenvalue weighted by Crippen LogP contribution is 2.45. The Morgan fingerprint density at radius 2 is 1.84 bits per heavy atom. The van der Waals surface area contributed by atoms with Gasteiger partial charge in [-0.2, -0.15) is 0 Å². The van der Waals surface area contributed by atoms with Crippen molar-refractivity contribution in [2.45, 2.75) is 42.8 Å². The largest absolute Gasteiger partial charge is 0.507 e. The van der Waals surface area contributed by atoms with Crippen LogP contribution in [0.2, 0.25) is 0 Å².